The quantitative estimate of drug-likeness (QED) is 0.890. The van der Waals surface area contributed by atoms with Crippen LogP contribution < -0.4 is 5.73 Å². The van der Waals surface area contributed by atoms with Crippen molar-refractivity contribution >= 4 is 27.3 Å². The van der Waals surface area contributed by atoms with E-state index >= 15 is 0 Å². The Hall–Kier alpha value is 0.100. The number of hydrogen-bond donors (Lipinski definition) is 2. The molecule has 3 N–H and O–H groups in total. The molecule has 0 aromatic carbocycles. The number of thiophene rings is 1. The molecular formula is C10H14BrNOS. The van der Waals surface area contributed by atoms with Crippen LogP contribution in [-0.2, 0) is 12.8 Å². The largest absolute Gasteiger partial charge is 0.396 e. The van der Waals surface area contributed by atoms with Gasteiger partial charge in [0.1, 0.15) is 0 Å². The molecule has 1 aromatic heterocycles. The van der Waals surface area contributed by atoms with Crippen molar-refractivity contribution in [2.24, 2.45) is 5.73 Å². The summed E-state index contributed by atoms with van der Waals surface area (Å²) >= 11 is 5.44. The second kappa shape index (κ2) is 4.31. The monoisotopic (exact) mass is 275 g/mol. The van der Waals surface area contributed by atoms with Crippen LogP contribution in [0.2, 0.25) is 0 Å². The molecule has 14 heavy (non-hydrogen) atoms. The van der Waals surface area contributed by atoms with E-state index in [1.165, 1.54) is 39.1 Å². The van der Waals surface area contributed by atoms with E-state index < -0.39 is 0 Å². The fourth-order valence-corrected chi connectivity index (χ4v) is 4.32. The molecule has 0 saturated carbocycles. The predicted octanol–water partition coefficient (Wildman–Crippen LogP) is 2.38. The third-order valence-corrected chi connectivity index (χ3v) is 5.25. The normalized spacial score (nSPS) is 17.1. The zero-order valence-corrected chi connectivity index (χ0v) is 10.3. The van der Waals surface area contributed by atoms with Crippen LogP contribution in [0.25, 0.3) is 0 Å². The number of aliphatic hydroxyl groups excluding tert-OH is 1. The summed E-state index contributed by atoms with van der Waals surface area (Å²) in [5.41, 5.74) is 7.44. The highest BCUT2D eigenvalue weighted by Gasteiger charge is 2.23. The van der Waals surface area contributed by atoms with Crippen molar-refractivity contribution in [3.8, 4) is 0 Å². The number of aryl methyl sites for hydroxylation is 1. The van der Waals surface area contributed by atoms with Gasteiger partial charge in [-0.3, -0.25) is 0 Å². The summed E-state index contributed by atoms with van der Waals surface area (Å²) in [4.78, 5) is 2.70. The van der Waals surface area contributed by atoms with Crippen LogP contribution >= 0.6 is 27.3 Å². The summed E-state index contributed by atoms with van der Waals surface area (Å²) in [5.74, 6) is 0. The second-order valence-corrected chi connectivity index (χ2v) is 5.58. The summed E-state index contributed by atoms with van der Waals surface area (Å²) in [5, 5.41) is 8.85. The van der Waals surface area contributed by atoms with E-state index in [4.69, 9.17) is 10.8 Å². The molecule has 0 fully saturated rings. The maximum absolute atomic E-state index is 8.85. The Morgan fingerprint density at radius 1 is 1.50 bits per heavy atom. The Bertz CT molecular complexity index is 337. The molecular weight excluding hydrogens is 262 g/mol. The van der Waals surface area contributed by atoms with Crippen LogP contribution in [0.3, 0.4) is 0 Å². The molecule has 1 aliphatic rings. The first-order valence-electron chi connectivity index (χ1n) is 4.90. The van der Waals surface area contributed by atoms with Crippen molar-refractivity contribution in [1.82, 2.24) is 0 Å². The molecule has 1 aliphatic carbocycles. The molecule has 1 unspecified atom stereocenters. The van der Waals surface area contributed by atoms with Gasteiger partial charge in [0.05, 0.1) is 0 Å². The fourth-order valence-electron chi connectivity index (χ4n) is 1.90. The molecule has 0 radical (unpaired) electrons. The van der Waals surface area contributed by atoms with Crippen molar-refractivity contribution in [3.63, 3.8) is 0 Å². The Kier molecular flexibility index (Phi) is 3.27. The summed E-state index contributed by atoms with van der Waals surface area (Å²) in [6.07, 6.45) is 4.30. The van der Waals surface area contributed by atoms with Crippen LogP contribution in [0.1, 0.15) is 34.2 Å². The number of fused-ring (bicyclic) bond motifs is 1. The van der Waals surface area contributed by atoms with Gasteiger partial charge in [0.25, 0.3) is 0 Å². The zero-order chi connectivity index (χ0) is 10.1. The highest BCUT2D eigenvalue weighted by molar-refractivity contribution is 9.10. The number of aliphatic hydroxyl groups is 1. The van der Waals surface area contributed by atoms with Crippen LogP contribution in [0.15, 0.2) is 4.47 Å². The molecule has 0 amide bonds. The maximum Gasteiger partial charge on any atom is 0.0449 e. The summed E-state index contributed by atoms with van der Waals surface area (Å²) in [7, 11) is 0. The summed E-state index contributed by atoms with van der Waals surface area (Å²) in [6.45, 7) is 0.163. The van der Waals surface area contributed by atoms with Gasteiger partial charge in [0.15, 0.2) is 0 Å². The SMILES string of the molecule is NC(CCO)c1sc2c(c1Br)CCC2. The molecule has 2 nitrogen and oxygen atoms in total. The van der Waals surface area contributed by atoms with Crippen LogP contribution in [0.4, 0.5) is 0 Å². The van der Waals surface area contributed by atoms with E-state index in [1.807, 2.05) is 11.3 Å². The van der Waals surface area contributed by atoms with Crippen molar-refractivity contribution in [1.29, 1.82) is 0 Å². The number of halogens is 1. The minimum absolute atomic E-state index is 0.00928. The zero-order valence-electron chi connectivity index (χ0n) is 7.92. The van der Waals surface area contributed by atoms with Gasteiger partial charge in [-0.05, 0) is 47.2 Å². The maximum atomic E-state index is 8.85. The van der Waals surface area contributed by atoms with E-state index in [2.05, 4.69) is 15.9 Å². The van der Waals surface area contributed by atoms with Gasteiger partial charge in [-0.2, -0.15) is 0 Å². The first-order valence-corrected chi connectivity index (χ1v) is 6.51. The van der Waals surface area contributed by atoms with Gasteiger partial charge in [0.2, 0.25) is 0 Å². The first-order chi connectivity index (χ1) is 6.74. The second-order valence-electron chi connectivity index (χ2n) is 3.65. The topological polar surface area (TPSA) is 46.2 Å². The average molecular weight is 276 g/mol. The van der Waals surface area contributed by atoms with Crippen LogP contribution in [-0.4, -0.2) is 11.7 Å². The molecule has 78 valence electrons. The third kappa shape index (κ3) is 1.76. The molecule has 4 heteroatoms. The Balaban J connectivity index is 2.27. The average Bonchev–Trinajstić information content (AvgIpc) is 2.69. The lowest BCUT2D eigenvalue weighted by Crippen LogP contribution is -2.10. The van der Waals surface area contributed by atoms with Crippen molar-refractivity contribution < 1.29 is 5.11 Å². The molecule has 0 bridgehead atoms. The van der Waals surface area contributed by atoms with Crippen molar-refractivity contribution in [3.05, 3.63) is 19.8 Å². The van der Waals surface area contributed by atoms with Gasteiger partial charge < -0.3 is 10.8 Å². The van der Waals surface area contributed by atoms with Gasteiger partial charge in [-0.25, -0.2) is 0 Å². The predicted molar refractivity (Wildman–Crippen MR) is 62.7 cm³/mol. The van der Waals surface area contributed by atoms with E-state index in [9.17, 15) is 0 Å². The van der Waals surface area contributed by atoms with E-state index in [0.29, 0.717) is 6.42 Å². The number of hydrogen-bond acceptors (Lipinski definition) is 3. The minimum Gasteiger partial charge on any atom is -0.396 e. The van der Waals surface area contributed by atoms with E-state index in [0.717, 1.165) is 0 Å². The van der Waals surface area contributed by atoms with Crippen molar-refractivity contribution in [2.75, 3.05) is 6.61 Å². The molecule has 0 aliphatic heterocycles. The fraction of sp³-hybridized carbons (Fsp3) is 0.600. The van der Waals surface area contributed by atoms with E-state index in [1.54, 1.807) is 0 Å². The molecule has 2 rings (SSSR count). The Morgan fingerprint density at radius 3 is 2.93 bits per heavy atom. The summed E-state index contributed by atoms with van der Waals surface area (Å²) < 4.78 is 1.20. The van der Waals surface area contributed by atoms with Gasteiger partial charge in [-0.1, -0.05) is 0 Å². The lowest BCUT2D eigenvalue weighted by Gasteiger charge is -2.08. The number of nitrogens with two attached hydrogens (primary N) is 1. The lowest BCUT2D eigenvalue weighted by atomic mass is 10.1. The van der Waals surface area contributed by atoms with E-state index in [-0.39, 0.29) is 12.6 Å². The van der Waals surface area contributed by atoms with Crippen LogP contribution in [0.5, 0.6) is 0 Å². The van der Waals surface area contributed by atoms with Gasteiger partial charge in [0, 0.05) is 26.9 Å². The molecule has 1 heterocycles. The highest BCUT2D eigenvalue weighted by Crippen LogP contribution is 2.41. The van der Waals surface area contributed by atoms with Crippen molar-refractivity contribution in [2.45, 2.75) is 31.7 Å². The Labute approximate surface area is 96.3 Å². The molecule has 1 aromatic rings. The Morgan fingerprint density at radius 2 is 2.29 bits per heavy atom. The third-order valence-electron chi connectivity index (χ3n) is 2.66. The smallest absolute Gasteiger partial charge is 0.0449 e. The molecule has 0 saturated heterocycles. The first kappa shape index (κ1) is 10.6. The molecule has 1 atom stereocenters. The van der Waals surface area contributed by atoms with Gasteiger partial charge in [-0.15, -0.1) is 11.3 Å². The van der Waals surface area contributed by atoms with Gasteiger partial charge >= 0.3 is 0 Å². The number of rotatable bonds is 3. The van der Waals surface area contributed by atoms with Crippen LogP contribution in [0, 0.1) is 0 Å². The highest BCUT2D eigenvalue weighted by atomic mass is 79.9. The molecule has 0 spiro atoms. The minimum atomic E-state index is -0.00928. The lowest BCUT2D eigenvalue weighted by molar-refractivity contribution is 0.277. The summed E-state index contributed by atoms with van der Waals surface area (Å²) in [6, 6.07) is -0.00928. The standard InChI is InChI=1S/C10H14BrNOS/c11-9-6-2-1-3-8(6)14-10(9)7(12)4-5-13/h7,13H,1-5,12H2.